The van der Waals surface area contributed by atoms with Crippen LogP contribution in [0.3, 0.4) is 0 Å². The molecule has 1 unspecified atom stereocenters. The van der Waals surface area contributed by atoms with Gasteiger partial charge in [0.2, 0.25) is 0 Å². The molecule has 1 aliphatic rings. The van der Waals surface area contributed by atoms with E-state index in [2.05, 4.69) is 45.6 Å². The SMILES string of the molecule is Cc1ccc(N2NC(c3ccc(C(F)(F)F)cc3)=CC2c2ccc(CBr)cc2)cc1. The number of aryl methyl sites for hydroxylation is 1. The van der Waals surface area contributed by atoms with Crippen molar-refractivity contribution >= 4 is 27.3 Å². The van der Waals surface area contributed by atoms with Gasteiger partial charge in [0.15, 0.2) is 0 Å². The molecule has 1 aliphatic heterocycles. The Hall–Kier alpha value is -2.73. The van der Waals surface area contributed by atoms with E-state index in [4.69, 9.17) is 0 Å². The number of nitrogens with one attached hydrogen (secondary N) is 1. The van der Waals surface area contributed by atoms with Crippen molar-refractivity contribution in [3.8, 4) is 0 Å². The third-order valence-corrected chi connectivity index (χ3v) is 5.80. The maximum atomic E-state index is 12.9. The van der Waals surface area contributed by atoms with E-state index in [1.807, 2.05) is 42.3 Å². The lowest BCUT2D eigenvalue weighted by molar-refractivity contribution is -0.137. The van der Waals surface area contributed by atoms with Crippen LogP contribution in [0.4, 0.5) is 18.9 Å². The lowest BCUT2D eigenvalue weighted by atomic mass is 10.0. The average Bonchev–Trinajstić information content (AvgIpc) is 3.19. The van der Waals surface area contributed by atoms with Crippen LogP contribution in [0, 0.1) is 6.92 Å². The summed E-state index contributed by atoms with van der Waals surface area (Å²) in [6, 6.07) is 21.6. The Morgan fingerprint density at radius 2 is 1.53 bits per heavy atom. The van der Waals surface area contributed by atoms with Crippen LogP contribution in [0.15, 0.2) is 78.9 Å². The predicted molar refractivity (Wildman–Crippen MR) is 118 cm³/mol. The van der Waals surface area contributed by atoms with E-state index in [9.17, 15) is 13.2 Å². The molecular formula is C24H20BrF3N2. The number of anilines is 1. The van der Waals surface area contributed by atoms with Crippen molar-refractivity contribution in [2.24, 2.45) is 0 Å². The summed E-state index contributed by atoms with van der Waals surface area (Å²) in [6.07, 6.45) is -2.30. The van der Waals surface area contributed by atoms with E-state index in [1.54, 1.807) is 0 Å². The van der Waals surface area contributed by atoms with Crippen molar-refractivity contribution in [3.63, 3.8) is 0 Å². The molecule has 0 spiro atoms. The highest BCUT2D eigenvalue weighted by Gasteiger charge is 2.31. The molecule has 154 valence electrons. The van der Waals surface area contributed by atoms with Crippen LogP contribution in [0.1, 0.15) is 33.9 Å². The molecule has 1 N–H and O–H groups in total. The molecule has 0 radical (unpaired) electrons. The maximum absolute atomic E-state index is 12.9. The Kier molecular flexibility index (Phi) is 5.60. The standard InChI is InChI=1S/C24H20BrF3N2/c1-16-2-12-21(13-3-16)30-23(19-6-4-17(15-25)5-7-19)14-22(29-30)18-8-10-20(11-9-18)24(26,27)28/h2-14,23,29H,15H2,1H3. The van der Waals surface area contributed by atoms with E-state index < -0.39 is 11.7 Å². The van der Waals surface area contributed by atoms with Gasteiger partial charge in [-0.15, -0.1) is 0 Å². The Morgan fingerprint density at radius 1 is 0.900 bits per heavy atom. The summed E-state index contributed by atoms with van der Waals surface area (Å²) in [5, 5.41) is 2.82. The average molecular weight is 473 g/mol. The van der Waals surface area contributed by atoms with Crippen LogP contribution >= 0.6 is 15.9 Å². The molecule has 4 rings (SSSR count). The molecule has 0 aromatic heterocycles. The molecule has 3 aromatic rings. The highest BCUT2D eigenvalue weighted by atomic mass is 79.9. The van der Waals surface area contributed by atoms with Gasteiger partial charge in [-0.25, -0.2) is 0 Å². The van der Waals surface area contributed by atoms with Crippen LogP contribution in [0.2, 0.25) is 0 Å². The Bertz CT molecular complexity index is 1040. The van der Waals surface area contributed by atoms with Gasteiger partial charge < -0.3 is 0 Å². The zero-order chi connectivity index (χ0) is 21.3. The second kappa shape index (κ2) is 8.19. The summed E-state index contributed by atoms with van der Waals surface area (Å²) >= 11 is 3.47. The molecule has 2 nitrogen and oxygen atoms in total. The third-order valence-electron chi connectivity index (χ3n) is 5.15. The van der Waals surface area contributed by atoms with Gasteiger partial charge in [0, 0.05) is 5.33 Å². The first-order chi connectivity index (χ1) is 14.3. The topological polar surface area (TPSA) is 15.3 Å². The minimum atomic E-state index is -4.34. The van der Waals surface area contributed by atoms with Crippen molar-refractivity contribution in [2.45, 2.75) is 24.5 Å². The van der Waals surface area contributed by atoms with Crippen LogP contribution in [-0.4, -0.2) is 0 Å². The summed E-state index contributed by atoms with van der Waals surface area (Å²) in [5.41, 5.74) is 8.63. The van der Waals surface area contributed by atoms with Gasteiger partial charge in [-0.05, 0) is 54.0 Å². The molecule has 0 saturated heterocycles. The fraction of sp³-hybridized carbons (Fsp3) is 0.167. The van der Waals surface area contributed by atoms with Crippen LogP contribution in [0.5, 0.6) is 0 Å². The number of nitrogens with zero attached hydrogens (tertiary/aromatic N) is 1. The van der Waals surface area contributed by atoms with Crippen molar-refractivity contribution in [1.29, 1.82) is 0 Å². The summed E-state index contributed by atoms with van der Waals surface area (Å²) in [5.74, 6) is 0. The highest BCUT2D eigenvalue weighted by Crippen LogP contribution is 2.36. The van der Waals surface area contributed by atoms with Gasteiger partial charge in [-0.2, -0.15) is 13.2 Å². The molecular weight excluding hydrogens is 453 g/mol. The van der Waals surface area contributed by atoms with Gasteiger partial charge >= 0.3 is 6.18 Å². The Morgan fingerprint density at radius 3 is 2.10 bits per heavy atom. The normalized spacial score (nSPS) is 16.4. The summed E-state index contributed by atoms with van der Waals surface area (Å²) in [7, 11) is 0. The lowest BCUT2D eigenvalue weighted by Crippen LogP contribution is -2.33. The van der Waals surface area contributed by atoms with Crippen LogP contribution in [0.25, 0.3) is 5.70 Å². The molecule has 0 bridgehead atoms. The number of benzene rings is 3. The van der Waals surface area contributed by atoms with Gasteiger partial charge in [-0.3, -0.25) is 10.4 Å². The fourth-order valence-electron chi connectivity index (χ4n) is 3.45. The largest absolute Gasteiger partial charge is 0.416 e. The minimum Gasteiger partial charge on any atom is -0.297 e. The van der Waals surface area contributed by atoms with E-state index >= 15 is 0 Å². The Balaban J connectivity index is 1.70. The molecule has 0 amide bonds. The molecule has 1 heterocycles. The van der Waals surface area contributed by atoms with Gasteiger partial charge in [0.1, 0.15) is 0 Å². The Labute approximate surface area is 182 Å². The monoisotopic (exact) mass is 472 g/mol. The molecule has 0 fully saturated rings. The lowest BCUT2D eigenvalue weighted by Gasteiger charge is -2.28. The molecule has 1 atom stereocenters. The number of halogens is 4. The summed E-state index contributed by atoms with van der Waals surface area (Å²) < 4.78 is 38.7. The quantitative estimate of drug-likeness (QED) is 0.410. The van der Waals surface area contributed by atoms with Gasteiger partial charge in [0.25, 0.3) is 0 Å². The van der Waals surface area contributed by atoms with Gasteiger partial charge in [0.05, 0.1) is 23.0 Å². The fourth-order valence-corrected chi connectivity index (χ4v) is 3.82. The van der Waals surface area contributed by atoms with E-state index in [-0.39, 0.29) is 6.04 Å². The van der Waals surface area contributed by atoms with E-state index in [0.717, 1.165) is 40.0 Å². The molecule has 0 saturated carbocycles. The second-order valence-electron chi connectivity index (χ2n) is 7.29. The van der Waals surface area contributed by atoms with Crippen molar-refractivity contribution in [1.82, 2.24) is 5.43 Å². The zero-order valence-corrected chi connectivity index (χ0v) is 17.8. The molecule has 6 heteroatoms. The highest BCUT2D eigenvalue weighted by molar-refractivity contribution is 9.08. The van der Waals surface area contributed by atoms with Crippen molar-refractivity contribution in [2.75, 3.05) is 5.01 Å². The van der Waals surface area contributed by atoms with E-state index in [1.165, 1.54) is 17.7 Å². The number of hydrogen-bond donors (Lipinski definition) is 1. The van der Waals surface area contributed by atoms with E-state index in [0.29, 0.717) is 5.56 Å². The number of hydrogen-bond acceptors (Lipinski definition) is 2. The van der Waals surface area contributed by atoms with Crippen LogP contribution in [-0.2, 0) is 11.5 Å². The number of rotatable bonds is 4. The maximum Gasteiger partial charge on any atom is 0.416 e. The smallest absolute Gasteiger partial charge is 0.297 e. The minimum absolute atomic E-state index is 0.0885. The molecule has 30 heavy (non-hydrogen) atoms. The number of hydrazine groups is 1. The summed E-state index contributed by atoms with van der Waals surface area (Å²) in [4.78, 5) is 0. The second-order valence-corrected chi connectivity index (χ2v) is 7.85. The van der Waals surface area contributed by atoms with Crippen LogP contribution < -0.4 is 10.4 Å². The summed E-state index contributed by atoms with van der Waals surface area (Å²) in [6.45, 7) is 2.03. The first-order valence-electron chi connectivity index (χ1n) is 9.52. The van der Waals surface area contributed by atoms with Crippen molar-refractivity contribution in [3.05, 3.63) is 107 Å². The predicted octanol–water partition coefficient (Wildman–Crippen LogP) is 7.02. The zero-order valence-electron chi connectivity index (χ0n) is 16.2. The first-order valence-corrected chi connectivity index (χ1v) is 10.6. The number of alkyl halides is 4. The van der Waals surface area contributed by atoms with Gasteiger partial charge in [-0.1, -0.05) is 70.0 Å². The molecule has 3 aromatic carbocycles. The van der Waals surface area contributed by atoms with Crippen molar-refractivity contribution < 1.29 is 13.2 Å². The third kappa shape index (κ3) is 4.24. The molecule has 0 aliphatic carbocycles. The first kappa shape index (κ1) is 20.5.